The summed E-state index contributed by atoms with van der Waals surface area (Å²) in [6.07, 6.45) is 1.63. The number of hydrogen-bond acceptors (Lipinski definition) is 7. The molecule has 0 amide bonds. The molecule has 0 aliphatic heterocycles. The molecule has 8 nitrogen and oxygen atoms in total. The molecule has 2 aromatic rings. The van der Waals surface area contributed by atoms with E-state index in [4.69, 9.17) is 0 Å². The van der Waals surface area contributed by atoms with Crippen LogP contribution in [-0.4, -0.2) is 31.1 Å². The number of benzene rings is 1. The summed E-state index contributed by atoms with van der Waals surface area (Å²) < 4.78 is 26.2. The number of hydrazone groups is 1. The molecular formula is C16H17N4O4S-. The first-order valence-corrected chi connectivity index (χ1v) is 8.83. The van der Waals surface area contributed by atoms with E-state index in [0.29, 0.717) is 17.1 Å². The highest BCUT2D eigenvalue weighted by Crippen LogP contribution is 2.12. The van der Waals surface area contributed by atoms with Gasteiger partial charge in [0.05, 0.1) is 22.6 Å². The van der Waals surface area contributed by atoms with Gasteiger partial charge in [0.15, 0.2) is 0 Å². The van der Waals surface area contributed by atoms with Crippen molar-refractivity contribution in [2.24, 2.45) is 5.10 Å². The molecule has 0 radical (unpaired) electrons. The van der Waals surface area contributed by atoms with Crippen molar-refractivity contribution in [2.45, 2.75) is 24.8 Å². The smallest absolute Gasteiger partial charge is 0.241 e. The molecule has 0 aliphatic carbocycles. The molecule has 132 valence electrons. The van der Waals surface area contributed by atoms with Crippen LogP contribution in [0.3, 0.4) is 0 Å². The molecule has 1 aromatic carbocycles. The van der Waals surface area contributed by atoms with Crippen molar-refractivity contribution < 1.29 is 18.3 Å². The number of carboxylic acid groups (broad SMARTS) is 1. The minimum atomic E-state index is -3.94. The Hall–Kier alpha value is -2.78. The van der Waals surface area contributed by atoms with E-state index in [1.807, 2.05) is 10.8 Å². The zero-order valence-corrected chi connectivity index (χ0v) is 14.4. The summed E-state index contributed by atoms with van der Waals surface area (Å²) in [6.45, 7) is 2.96. The fourth-order valence-corrected chi connectivity index (χ4v) is 3.05. The number of carboxylic acids is 1. The number of carbonyl (C=O) groups is 1. The molecule has 2 N–H and O–H groups in total. The minimum absolute atomic E-state index is 0.0464. The van der Waals surface area contributed by atoms with E-state index in [-0.39, 0.29) is 4.90 Å². The lowest BCUT2D eigenvalue weighted by Crippen LogP contribution is -2.45. The maximum Gasteiger partial charge on any atom is 0.241 e. The van der Waals surface area contributed by atoms with Gasteiger partial charge in [-0.25, -0.2) is 18.1 Å². The first-order valence-electron chi connectivity index (χ1n) is 7.34. The van der Waals surface area contributed by atoms with Crippen LogP contribution in [0.15, 0.2) is 58.7 Å². The number of pyridine rings is 1. The summed E-state index contributed by atoms with van der Waals surface area (Å²) in [5.41, 5.74) is 4.13. The fraction of sp³-hybridized carbons (Fsp3) is 0.188. The number of carbonyl (C=O) groups excluding carboxylic acids is 1. The lowest BCUT2D eigenvalue weighted by molar-refractivity contribution is -0.307. The number of rotatable bonds is 7. The quantitative estimate of drug-likeness (QED) is 0.541. The highest BCUT2D eigenvalue weighted by Gasteiger charge is 2.17. The number of aromatic nitrogens is 1. The van der Waals surface area contributed by atoms with Gasteiger partial charge in [-0.3, -0.25) is 5.43 Å². The van der Waals surface area contributed by atoms with E-state index in [9.17, 15) is 18.3 Å². The van der Waals surface area contributed by atoms with Crippen molar-refractivity contribution in [3.63, 3.8) is 0 Å². The zero-order valence-electron chi connectivity index (χ0n) is 13.6. The Morgan fingerprint density at radius 3 is 2.44 bits per heavy atom. The van der Waals surface area contributed by atoms with Gasteiger partial charge in [0.1, 0.15) is 5.82 Å². The molecule has 0 aliphatic rings. The van der Waals surface area contributed by atoms with Crippen LogP contribution in [-0.2, 0) is 14.8 Å². The number of hydrogen-bond donors (Lipinski definition) is 2. The van der Waals surface area contributed by atoms with Crippen LogP contribution in [0, 0.1) is 0 Å². The molecule has 0 saturated heterocycles. The van der Waals surface area contributed by atoms with Gasteiger partial charge in [0.2, 0.25) is 10.0 Å². The maximum atomic E-state index is 12.1. The topological polar surface area (TPSA) is 124 Å². The van der Waals surface area contributed by atoms with E-state index < -0.39 is 22.0 Å². The molecule has 0 fully saturated rings. The fourth-order valence-electron chi connectivity index (χ4n) is 1.86. The molecule has 2 rings (SSSR count). The van der Waals surface area contributed by atoms with E-state index in [0.717, 1.165) is 0 Å². The van der Waals surface area contributed by atoms with Gasteiger partial charge >= 0.3 is 0 Å². The monoisotopic (exact) mass is 361 g/mol. The number of anilines is 1. The van der Waals surface area contributed by atoms with Crippen LogP contribution in [0.2, 0.25) is 0 Å². The Labute approximate surface area is 145 Å². The highest BCUT2D eigenvalue weighted by atomic mass is 32.2. The number of aliphatic carboxylic acids is 1. The first kappa shape index (κ1) is 18.6. The molecule has 0 saturated carbocycles. The van der Waals surface area contributed by atoms with Crippen LogP contribution in [0.25, 0.3) is 0 Å². The van der Waals surface area contributed by atoms with Crippen molar-refractivity contribution in [2.75, 3.05) is 5.43 Å². The van der Waals surface area contributed by atoms with Crippen LogP contribution >= 0.6 is 0 Å². The Kier molecular flexibility index (Phi) is 5.84. The van der Waals surface area contributed by atoms with Gasteiger partial charge in [-0.2, -0.15) is 5.10 Å². The Morgan fingerprint density at radius 2 is 1.88 bits per heavy atom. The molecule has 9 heteroatoms. The molecule has 1 heterocycles. The lowest BCUT2D eigenvalue weighted by atomic mass is 10.1. The first-order chi connectivity index (χ1) is 11.8. The largest absolute Gasteiger partial charge is 0.548 e. The van der Waals surface area contributed by atoms with E-state index in [1.54, 1.807) is 37.4 Å². The van der Waals surface area contributed by atoms with Crippen molar-refractivity contribution in [1.82, 2.24) is 9.71 Å². The van der Waals surface area contributed by atoms with Crippen LogP contribution in [0.5, 0.6) is 0 Å². The molecule has 0 spiro atoms. The zero-order chi connectivity index (χ0) is 18.4. The normalized spacial score (nSPS) is 13.3. The van der Waals surface area contributed by atoms with Crippen molar-refractivity contribution >= 4 is 27.5 Å². The molecule has 0 unspecified atom stereocenters. The summed E-state index contributed by atoms with van der Waals surface area (Å²) in [6, 6.07) is 9.95. The predicted octanol–water partition coefficient (Wildman–Crippen LogP) is 0.334. The van der Waals surface area contributed by atoms with E-state index >= 15 is 0 Å². The average Bonchev–Trinajstić information content (AvgIpc) is 2.60. The molecule has 1 atom stereocenters. The number of nitrogens with zero attached hydrogens (tertiary/aromatic N) is 2. The highest BCUT2D eigenvalue weighted by molar-refractivity contribution is 7.89. The van der Waals surface area contributed by atoms with E-state index in [1.165, 1.54) is 19.1 Å². The van der Waals surface area contributed by atoms with Gasteiger partial charge in [0.25, 0.3) is 0 Å². The predicted molar refractivity (Wildman–Crippen MR) is 91.3 cm³/mol. The summed E-state index contributed by atoms with van der Waals surface area (Å²) in [4.78, 5) is 14.7. The standard InChI is InChI=1S/C16H18N4O4S/c1-11(18-19-15-5-3-4-10-17-15)13-6-8-14(9-7-13)25(23,24)20-12(2)16(21)22/h3-10,12,20H,1-2H3,(H,17,19)(H,21,22)/p-1/b18-11-/t12-/m0/s1. The van der Waals surface area contributed by atoms with Gasteiger partial charge in [-0.05, 0) is 43.7 Å². The Morgan fingerprint density at radius 1 is 1.20 bits per heavy atom. The SMILES string of the molecule is C/C(=N/Nc1ccccn1)c1ccc(S(=O)(=O)N[C@@H](C)C(=O)[O-])cc1. The summed E-state index contributed by atoms with van der Waals surface area (Å²) in [5.74, 6) is -0.912. The van der Waals surface area contributed by atoms with Gasteiger partial charge in [-0.1, -0.05) is 18.2 Å². The second-order valence-corrected chi connectivity index (χ2v) is 6.92. The summed E-state index contributed by atoms with van der Waals surface area (Å²) >= 11 is 0. The van der Waals surface area contributed by atoms with Crippen LogP contribution in [0.1, 0.15) is 19.4 Å². The molecule has 1 aromatic heterocycles. The molecule has 25 heavy (non-hydrogen) atoms. The van der Waals surface area contributed by atoms with Crippen LogP contribution in [0.4, 0.5) is 5.82 Å². The number of sulfonamides is 1. The molecular weight excluding hydrogens is 344 g/mol. The Balaban J connectivity index is 2.12. The Bertz CT molecular complexity index is 865. The van der Waals surface area contributed by atoms with Crippen molar-refractivity contribution in [3.05, 3.63) is 54.2 Å². The maximum absolute atomic E-state index is 12.1. The summed E-state index contributed by atoms with van der Waals surface area (Å²) in [5, 5.41) is 14.9. The van der Waals surface area contributed by atoms with Crippen molar-refractivity contribution in [1.29, 1.82) is 0 Å². The molecule has 0 bridgehead atoms. The summed E-state index contributed by atoms with van der Waals surface area (Å²) in [7, 11) is -3.94. The third-order valence-corrected chi connectivity index (χ3v) is 4.83. The average molecular weight is 361 g/mol. The third-order valence-electron chi connectivity index (χ3n) is 3.27. The van der Waals surface area contributed by atoms with Crippen molar-refractivity contribution in [3.8, 4) is 0 Å². The van der Waals surface area contributed by atoms with E-state index in [2.05, 4.69) is 15.5 Å². The van der Waals surface area contributed by atoms with Gasteiger partial charge < -0.3 is 9.90 Å². The minimum Gasteiger partial charge on any atom is -0.548 e. The van der Waals surface area contributed by atoms with Crippen LogP contribution < -0.4 is 15.3 Å². The van der Waals surface area contributed by atoms with Gasteiger partial charge in [-0.15, -0.1) is 0 Å². The van der Waals surface area contributed by atoms with Gasteiger partial charge in [0, 0.05) is 6.20 Å². The lowest BCUT2D eigenvalue weighted by Gasteiger charge is -2.15. The second-order valence-electron chi connectivity index (χ2n) is 5.21. The second kappa shape index (κ2) is 7.86. The number of nitrogens with one attached hydrogen (secondary N) is 2. The third kappa shape index (κ3) is 5.10.